The maximum Gasteiger partial charge on any atom is 0.309 e. The van der Waals surface area contributed by atoms with Gasteiger partial charge in [0.05, 0.1) is 15.7 Å². The van der Waals surface area contributed by atoms with Crippen molar-refractivity contribution in [1.82, 2.24) is 4.98 Å². The molecule has 0 amide bonds. The van der Waals surface area contributed by atoms with Crippen LogP contribution in [0.15, 0.2) is 6.07 Å². The average molecular weight is 329 g/mol. The third kappa shape index (κ3) is 2.98. The lowest BCUT2D eigenvalue weighted by molar-refractivity contribution is -0.136. The van der Waals surface area contributed by atoms with Crippen molar-refractivity contribution in [3.8, 4) is 5.75 Å². The molecule has 0 atom stereocenters. The molecule has 7 heteroatoms. The van der Waals surface area contributed by atoms with Crippen molar-refractivity contribution in [1.29, 1.82) is 0 Å². The zero-order valence-corrected chi connectivity index (χ0v) is 9.40. The Hall–Kier alpha value is -0.990. The van der Waals surface area contributed by atoms with Crippen molar-refractivity contribution in [3.63, 3.8) is 0 Å². The highest BCUT2D eigenvalue weighted by Gasteiger charge is 2.19. The van der Waals surface area contributed by atoms with Crippen LogP contribution in [0.4, 0.5) is 8.78 Å². The molecule has 0 unspecified atom stereocenters. The molecular formula is C8H6F2INO3. The second-order valence-electron chi connectivity index (χ2n) is 2.70. The van der Waals surface area contributed by atoms with Gasteiger partial charge in [-0.1, -0.05) is 0 Å². The zero-order chi connectivity index (χ0) is 11.6. The molecule has 1 heterocycles. The van der Waals surface area contributed by atoms with Gasteiger partial charge in [0, 0.05) is 0 Å². The number of hydrogen-bond acceptors (Lipinski definition) is 3. The molecule has 1 aromatic rings. The van der Waals surface area contributed by atoms with Gasteiger partial charge in [0.25, 0.3) is 6.43 Å². The highest BCUT2D eigenvalue weighted by atomic mass is 127. The van der Waals surface area contributed by atoms with Gasteiger partial charge < -0.3 is 10.2 Å². The van der Waals surface area contributed by atoms with Crippen LogP contribution in [0.1, 0.15) is 17.8 Å². The summed E-state index contributed by atoms with van der Waals surface area (Å²) in [7, 11) is 0. The molecule has 0 aliphatic rings. The summed E-state index contributed by atoms with van der Waals surface area (Å²) in [4.78, 5) is 13.7. The molecule has 0 aliphatic heterocycles. The fourth-order valence-electron chi connectivity index (χ4n) is 0.975. The van der Waals surface area contributed by atoms with Crippen LogP contribution in [0, 0.1) is 3.57 Å². The molecular weight excluding hydrogens is 323 g/mol. The van der Waals surface area contributed by atoms with E-state index in [9.17, 15) is 18.7 Å². The molecule has 2 N–H and O–H groups in total. The summed E-state index contributed by atoms with van der Waals surface area (Å²) in [6.07, 6.45) is -3.37. The molecule has 15 heavy (non-hydrogen) atoms. The van der Waals surface area contributed by atoms with Gasteiger partial charge in [-0.2, -0.15) is 0 Å². The quantitative estimate of drug-likeness (QED) is 0.832. The summed E-state index contributed by atoms with van der Waals surface area (Å²) in [5.41, 5.74) is -0.779. The fraction of sp³-hybridized carbons (Fsp3) is 0.250. The summed E-state index contributed by atoms with van der Waals surface area (Å²) in [5.74, 6) is -1.76. The van der Waals surface area contributed by atoms with E-state index >= 15 is 0 Å². The van der Waals surface area contributed by atoms with E-state index in [1.54, 1.807) is 22.6 Å². The monoisotopic (exact) mass is 329 g/mol. The Labute approximate surface area is 97.1 Å². The van der Waals surface area contributed by atoms with E-state index in [2.05, 4.69) is 4.98 Å². The van der Waals surface area contributed by atoms with Crippen LogP contribution in [0.2, 0.25) is 0 Å². The lowest BCUT2D eigenvalue weighted by Crippen LogP contribution is -2.05. The predicted octanol–water partition coefficient (Wildman–Crippen LogP) is 1.96. The number of carboxylic acid groups (broad SMARTS) is 1. The minimum atomic E-state index is -2.92. The Balaban J connectivity index is 3.17. The van der Waals surface area contributed by atoms with Gasteiger partial charge in [-0.05, 0) is 28.7 Å². The van der Waals surface area contributed by atoms with E-state index in [4.69, 9.17) is 5.11 Å². The van der Waals surface area contributed by atoms with E-state index in [0.717, 1.165) is 0 Å². The second kappa shape index (κ2) is 4.69. The van der Waals surface area contributed by atoms with E-state index in [0.29, 0.717) is 0 Å². The van der Waals surface area contributed by atoms with Gasteiger partial charge >= 0.3 is 5.97 Å². The predicted molar refractivity (Wildman–Crippen MR) is 54.9 cm³/mol. The molecule has 0 radical (unpaired) electrons. The normalized spacial score (nSPS) is 10.7. The van der Waals surface area contributed by atoms with Crippen molar-refractivity contribution in [2.45, 2.75) is 12.8 Å². The summed E-state index contributed by atoms with van der Waals surface area (Å²) in [6.45, 7) is 0. The Morgan fingerprint density at radius 1 is 1.60 bits per heavy atom. The molecule has 82 valence electrons. The SMILES string of the molecule is O=C(O)Cc1cc(I)c(O)c(C(F)F)n1. The van der Waals surface area contributed by atoms with Crippen molar-refractivity contribution in [2.24, 2.45) is 0 Å². The van der Waals surface area contributed by atoms with Gasteiger partial charge in [-0.15, -0.1) is 0 Å². The summed E-state index contributed by atoms with van der Waals surface area (Å²) in [5, 5.41) is 17.7. The van der Waals surface area contributed by atoms with Gasteiger partial charge in [-0.25, -0.2) is 13.8 Å². The van der Waals surface area contributed by atoms with Crippen molar-refractivity contribution in [2.75, 3.05) is 0 Å². The third-order valence-corrected chi connectivity index (χ3v) is 2.39. The van der Waals surface area contributed by atoms with Crippen LogP contribution in [0.5, 0.6) is 5.75 Å². The zero-order valence-electron chi connectivity index (χ0n) is 7.25. The first-order valence-electron chi connectivity index (χ1n) is 3.80. The first-order chi connectivity index (χ1) is 6.91. The molecule has 0 bridgehead atoms. The first kappa shape index (κ1) is 12.1. The number of aliphatic carboxylic acids is 1. The van der Waals surface area contributed by atoms with E-state index < -0.39 is 30.3 Å². The molecule has 0 fully saturated rings. The van der Waals surface area contributed by atoms with Crippen molar-refractivity contribution in [3.05, 3.63) is 21.0 Å². The number of halogens is 3. The Bertz CT molecular complexity index is 398. The number of pyridine rings is 1. The minimum absolute atomic E-state index is 0.000000000000000444. The molecule has 0 spiro atoms. The van der Waals surface area contributed by atoms with Crippen LogP contribution in [-0.2, 0) is 11.2 Å². The Morgan fingerprint density at radius 2 is 2.20 bits per heavy atom. The minimum Gasteiger partial charge on any atom is -0.505 e. The van der Waals surface area contributed by atoms with Gasteiger partial charge in [0.1, 0.15) is 5.69 Å². The fourth-order valence-corrected chi connectivity index (χ4v) is 1.61. The van der Waals surface area contributed by atoms with E-state index in [1.807, 2.05) is 0 Å². The number of aromatic hydroxyl groups is 1. The van der Waals surface area contributed by atoms with Gasteiger partial charge in [-0.3, -0.25) is 4.79 Å². The highest BCUT2D eigenvalue weighted by Crippen LogP contribution is 2.30. The number of hydrogen-bond donors (Lipinski definition) is 2. The summed E-state index contributed by atoms with van der Waals surface area (Å²) >= 11 is 1.64. The topological polar surface area (TPSA) is 70.4 Å². The number of rotatable bonds is 3. The maximum atomic E-state index is 12.4. The number of carbonyl (C=O) groups is 1. The van der Waals surface area contributed by atoms with Gasteiger partial charge in [0.2, 0.25) is 0 Å². The molecule has 0 aromatic carbocycles. The second-order valence-corrected chi connectivity index (χ2v) is 3.86. The number of nitrogens with zero attached hydrogens (tertiary/aromatic N) is 1. The maximum absolute atomic E-state index is 12.4. The number of alkyl halides is 2. The lowest BCUT2D eigenvalue weighted by atomic mass is 10.2. The molecule has 0 saturated heterocycles. The van der Waals surface area contributed by atoms with Crippen molar-refractivity contribution < 1.29 is 23.8 Å². The van der Waals surface area contributed by atoms with Gasteiger partial charge in [0.15, 0.2) is 5.75 Å². The molecule has 1 aromatic heterocycles. The highest BCUT2D eigenvalue weighted by molar-refractivity contribution is 14.1. The average Bonchev–Trinajstić information content (AvgIpc) is 2.09. The lowest BCUT2D eigenvalue weighted by Gasteiger charge is -2.06. The Morgan fingerprint density at radius 3 is 2.67 bits per heavy atom. The number of carboxylic acids is 1. The standard InChI is InChI=1S/C8H6F2INO3/c9-8(10)6-7(15)4(11)1-3(12-6)2-5(13)14/h1,8,15H,2H2,(H,13,14). The smallest absolute Gasteiger partial charge is 0.309 e. The van der Waals surface area contributed by atoms with Crippen LogP contribution in [0.3, 0.4) is 0 Å². The molecule has 4 nitrogen and oxygen atoms in total. The number of aromatic nitrogens is 1. The first-order valence-corrected chi connectivity index (χ1v) is 4.88. The van der Waals surface area contributed by atoms with E-state index in [1.165, 1.54) is 6.07 Å². The third-order valence-electron chi connectivity index (χ3n) is 1.57. The van der Waals surface area contributed by atoms with Crippen molar-refractivity contribution >= 4 is 28.6 Å². The van der Waals surface area contributed by atoms with Crippen LogP contribution >= 0.6 is 22.6 Å². The molecule has 0 aliphatic carbocycles. The molecule has 0 saturated carbocycles. The molecule has 1 rings (SSSR count). The van der Waals surface area contributed by atoms with E-state index in [-0.39, 0.29) is 9.26 Å². The van der Waals surface area contributed by atoms with Crippen LogP contribution < -0.4 is 0 Å². The summed E-state index contributed by atoms with van der Waals surface area (Å²) < 4.78 is 24.9. The largest absolute Gasteiger partial charge is 0.505 e. The van der Waals surface area contributed by atoms with Crippen LogP contribution in [0.25, 0.3) is 0 Å². The van der Waals surface area contributed by atoms with Crippen LogP contribution in [-0.4, -0.2) is 21.2 Å². The summed E-state index contributed by atoms with van der Waals surface area (Å²) in [6, 6.07) is 1.26. The Kier molecular flexibility index (Phi) is 3.77.